The highest BCUT2D eigenvalue weighted by atomic mass is 16.3. The van der Waals surface area contributed by atoms with Gasteiger partial charge in [-0.25, -0.2) is 4.79 Å². The lowest BCUT2D eigenvalue weighted by Crippen LogP contribution is -2.36. The number of benzene rings is 1. The summed E-state index contributed by atoms with van der Waals surface area (Å²) < 4.78 is 5.08. The normalized spacial score (nSPS) is 9.91. The van der Waals surface area contributed by atoms with E-state index in [1.165, 1.54) is 12.3 Å². The van der Waals surface area contributed by atoms with E-state index in [0.717, 1.165) is 0 Å². The van der Waals surface area contributed by atoms with E-state index in [9.17, 15) is 14.4 Å². The average molecular weight is 316 g/mol. The molecule has 0 bridgehead atoms. The maximum atomic E-state index is 12.0. The number of carbonyl (C=O) groups excluding carboxylic acids is 3. The Labute approximate surface area is 132 Å². The first kappa shape index (κ1) is 16.1. The van der Waals surface area contributed by atoms with Gasteiger partial charge in [0.15, 0.2) is 0 Å². The zero-order chi connectivity index (χ0) is 16.7. The van der Waals surface area contributed by atoms with Gasteiger partial charge in [0.1, 0.15) is 5.76 Å². The molecule has 4 amide bonds. The molecule has 120 valence electrons. The molecule has 2 aromatic rings. The van der Waals surface area contributed by atoms with Crippen LogP contribution >= 0.6 is 0 Å². The Bertz CT molecular complexity index is 697. The molecule has 0 unspecified atom stereocenters. The van der Waals surface area contributed by atoms with Crippen molar-refractivity contribution >= 4 is 23.5 Å². The van der Waals surface area contributed by atoms with Gasteiger partial charge in [0, 0.05) is 11.3 Å². The van der Waals surface area contributed by atoms with Crippen LogP contribution in [-0.4, -0.2) is 24.4 Å². The molecule has 2 rings (SSSR count). The minimum Gasteiger partial charge on any atom is -0.467 e. The third-order valence-electron chi connectivity index (χ3n) is 2.84. The van der Waals surface area contributed by atoms with Crippen molar-refractivity contribution in [2.75, 3.05) is 11.9 Å². The minimum atomic E-state index is -0.722. The van der Waals surface area contributed by atoms with Crippen LogP contribution < -0.4 is 21.7 Å². The number of anilines is 1. The van der Waals surface area contributed by atoms with Crippen LogP contribution in [-0.2, 0) is 11.3 Å². The summed E-state index contributed by atoms with van der Waals surface area (Å²) >= 11 is 0. The molecule has 0 aliphatic carbocycles. The third-order valence-corrected chi connectivity index (χ3v) is 2.84. The third kappa shape index (κ3) is 5.20. The van der Waals surface area contributed by atoms with Gasteiger partial charge in [-0.15, -0.1) is 0 Å². The number of hydrogen-bond donors (Lipinski definition) is 4. The number of hydrogen-bond acceptors (Lipinski definition) is 4. The van der Waals surface area contributed by atoms with Gasteiger partial charge < -0.3 is 26.1 Å². The minimum absolute atomic E-state index is 0.174. The molecule has 0 spiro atoms. The average Bonchev–Trinajstić information content (AvgIpc) is 3.03. The summed E-state index contributed by atoms with van der Waals surface area (Å²) in [7, 11) is 0. The predicted molar refractivity (Wildman–Crippen MR) is 82.5 cm³/mol. The fraction of sp³-hybridized carbons (Fsp3) is 0.133. The van der Waals surface area contributed by atoms with Crippen molar-refractivity contribution in [3.63, 3.8) is 0 Å². The number of rotatable bonds is 6. The highest BCUT2D eigenvalue weighted by Crippen LogP contribution is 2.10. The second-order valence-electron chi connectivity index (χ2n) is 4.61. The van der Waals surface area contributed by atoms with Crippen LogP contribution in [0.2, 0.25) is 0 Å². The van der Waals surface area contributed by atoms with Crippen molar-refractivity contribution in [3.8, 4) is 0 Å². The summed E-state index contributed by atoms with van der Waals surface area (Å²) in [5, 5.41) is 7.46. The predicted octanol–water partition coefficient (Wildman–Crippen LogP) is 0.816. The van der Waals surface area contributed by atoms with Crippen LogP contribution in [0.25, 0.3) is 0 Å². The molecule has 0 atom stereocenters. The molecule has 8 nitrogen and oxygen atoms in total. The van der Waals surface area contributed by atoms with Crippen molar-refractivity contribution in [2.45, 2.75) is 6.54 Å². The smallest absolute Gasteiger partial charge is 0.316 e. The van der Waals surface area contributed by atoms with Gasteiger partial charge in [-0.1, -0.05) is 6.07 Å². The van der Waals surface area contributed by atoms with E-state index in [0.29, 0.717) is 17.0 Å². The van der Waals surface area contributed by atoms with E-state index in [1.807, 2.05) is 0 Å². The second-order valence-corrected chi connectivity index (χ2v) is 4.61. The van der Waals surface area contributed by atoms with Gasteiger partial charge in [-0.3, -0.25) is 9.59 Å². The number of carbonyl (C=O) groups is 3. The topological polar surface area (TPSA) is 126 Å². The molecular formula is C15H16N4O4. The fourth-order valence-corrected chi connectivity index (χ4v) is 1.80. The van der Waals surface area contributed by atoms with Crippen LogP contribution in [0.4, 0.5) is 10.5 Å². The zero-order valence-electron chi connectivity index (χ0n) is 12.2. The fourth-order valence-electron chi connectivity index (χ4n) is 1.80. The summed E-state index contributed by atoms with van der Waals surface area (Å²) in [4.78, 5) is 34.4. The van der Waals surface area contributed by atoms with Crippen molar-refractivity contribution in [1.29, 1.82) is 0 Å². The first-order valence-corrected chi connectivity index (χ1v) is 6.78. The van der Waals surface area contributed by atoms with Crippen molar-refractivity contribution in [3.05, 3.63) is 54.0 Å². The van der Waals surface area contributed by atoms with Crippen LogP contribution in [0, 0.1) is 0 Å². The first-order valence-electron chi connectivity index (χ1n) is 6.78. The lowest BCUT2D eigenvalue weighted by molar-refractivity contribution is -0.120. The Balaban J connectivity index is 1.82. The molecule has 0 aliphatic heterocycles. The first-order chi connectivity index (χ1) is 11.0. The van der Waals surface area contributed by atoms with Gasteiger partial charge in [-0.2, -0.15) is 0 Å². The molecular weight excluding hydrogens is 300 g/mol. The quantitative estimate of drug-likeness (QED) is 0.629. The summed E-state index contributed by atoms with van der Waals surface area (Å²) in [6.07, 6.45) is 1.51. The van der Waals surface area contributed by atoms with Crippen molar-refractivity contribution in [2.24, 2.45) is 5.73 Å². The molecule has 8 heteroatoms. The van der Waals surface area contributed by atoms with Crippen LogP contribution in [0.3, 0.4) is 0 Å². The molecule has 1 aromatic heterocycles. The summed E-state index contributed by atoms with van der Waals surface area (Å²) in [6, 6.07) is 8.93. The van der Waals surface area contributed by atoms with E-state index in [1.54, 1.807) is 30.3 Å². The molecule has 0 aliphatic rings. The number of nitrogens with one attached hydrogen (secondary N) is 3. The maximum absolute atomic E-state index is 12.0. The number of amides is 4. The number of nitrogens with two attached hydrogens (primary N) is 1. The van der Waals surface area contributed by atoms with Gasteiger partial charge in [-0.05, 0) is 30.3 Å². The molecule has 0 saturated carbocycles. The highest BCUT2D eigenvalue weighted by Gasteiger charge is 2.09. The summed E-state index contributed by atoms with van der Waals surface area (Å²) in [5.74, 6) is -0.165. The van der Waals surface area contributed by atoms with E-state index < -0.39 is 11.9 Å². The lowest BCUT2D eigenvalue weighted by Gasteiger charge is -2.07. The van der Waals surface area contributed by atoms with Crippen molar-refractivity contribution in [1.82, 2.24) is 10.6 Å². The van der Waals surface area contributed by atoms with E-state index >= 15 is 0 Å². The molecule has 0 fully saturated rings. The van der Waals surface area contributed by atoms with E-state index in [2.05, 4.69) is 16.0 Å². The lowest BCUT2D eigenvalue weighted by atomic mass is 10.2. The molecule has 5 N–H and O–H groups in total. The van der Waals surface area contributed by atoms with Crippen molar-refractivity contribution < 1.29 is 18.8 Å². The van der Waals surface area contributed by atoms with Crippen LogP contribution in [0.15, 0.2) is 47.1 Å². The zero-order valence-corrected chi connectivity index (χ0v) is 12.2. The highest BCUT2D eigenvalue weighted by molar-refractivity contribution is 5.98. The molecule has 0 radical (unpaired) electrons. The van der Waals surface area contributed by atoms with Gasteiger partial charge in [0.2, 0.25) is 5.91 Å². The van der Waals surface area contributed by atoms with Gasteiger partial charge in [0.05, 0.1) is 19.4 Å². The van der Waals surface area contributed by atoms with E-state index in [4.69, 9.17) is 10.2 Å². The standard InChI is InChI=1S/C15H16N4O4/c16-15(22)19-11-4-1-3-10(7-11)14(21)18-9-13(20)17-8-12-5-2-6-23-12/h1-7H,8-9H2,(H,17,20)(H,18,21)(H3,16,19,22). The SMILES string of the molecule is NC(=O)Nc1cccc(C(=O)NCC(=O)NCc2ccco2)c1. The van der Waals surface area contributed by atoms with E-state index in [-0.39, 0.29) is 19.0 Å². The summed E-state index contributed by atoms with van der Waals surface area (Å²) in [5.41, 5.74) is 5.71. The Morgan fingerprint density at radius 2 is 1.91 bits per heavy atom. The second kappa shape index (κ2) is 7.64. The van der Waals surface area contributed by atoms with Crippen LogP contribution in [0.1, 0.15) is 16.1 Å². The molecule has 1 aromatic carbocycles. The van der Waals surface area contributed by atoms with Gasteiger partial charge >= 0.3 is 6.03 Å². The largest absolute Gasteiger partial charge is 0.467 e. The maximum Gasteiger partial charge on any atom is 0.316 e. The Morgan fingerprint density at radius 1 is 1.09 bits per heavy atom. The molecule has 0 saturated heterocycles. The molecule has 1 heterocycles. The summed E-state index contributed by atoms with van der Waals surface area (Å²) in [6.45, 7) is 0.0761. The van der Waals surface area contributed by atoms with Gasteiger partial charge in [0.25, 0.3) is 5.91 Å². The monoisotopic (exact) mass is 316 g/mol. The number of urea groups is 1. The number of primary amides is 1. The van der Waals surface area contributed by atoms with Crippen LogP contribution in [0.5, 0.6) is 0 Å². The molecule has 23 heavy (non-hydrogen) atoms. The Hall–Kier alpha value is -3.29. The number of furan rings is 1. The Kier molecular flexibility index (Phi) is 5.35. The Morgan fingerprint density at radius 3 is 2.61 bits per heavy atom.